The maximum atomic E-state index is 6.62. The monoisotopic (exact) mass is 580 g/mol. The number of pyridine rings is 1. The second kappa shape index (κ2) is 14.8. The molecule has 1 aliphatic rings. The van der Waals surface area contributed by atoms with E-state index in [2.05, 4.69) is 89.2 Å². The number of benzene rings is 2. The van der Waals surface area contributed by atoms with Gasteiger partial charge in [0.25, 0.3) is 0 Å². The molecule has 214 valence electrons. The minimum absolute atomic E-state index is 0.651. The first kappa shape index (κ1) is 30.3. The van der Waals surface area contributed by atoms with Crippen molar-refractivity contribution in [2.45, 2.75) is 47.1 Å². The highest BCUT2D eigenvalue weighted by Gasteiger charge is 2.23. The first-order valence-electron chi connectivity index (χ1n) is 14.4. The van der Waals surface area contributed by atoms with E-state index in [1.54, 1.807) is 6.20 Å². The largest absolute Gasteiger partial charge is 0.366 e. The molecule has 0 amide bonds. The van der Waals surface area contributed by atoms with Gasteiger partial charge in [-0.05, 0) is 56.5 Å². The number of H-pyrrole nitrogens is 1. The number of aromatic nitrogens is 3. The Bertz CT molecular complexity index is 1330. The third kappa shape index (κ3) is 8.43. The summed E-state index contributed by atoms with van der Waals surface area (Å²) in [7, 11) is 0. The Balaban J connectivity index is 0.000000357. The first-order chi connectivity index (χ1) is 19.3. The van der Waals surface area contributed by atoms with Gasteiger partial charge in [-0.3, -0.25) is 4.90 Å². The molecule has 5 rings (SSSR count). The van der Waals surface area contributed by atoms with Gasteiger partial charge in [0.15, 0.2) is 5.65 Å². The number of aromatic amines is 1. The van der Waals surface area contributed by atoms with Crippen molar-refractivity contribution in [3.8, 4) is 11.4 Å². The summed E-state index contributed by atoms with van der Waals surface area (Å²) in [6, 6.07) is 16.4. The lowest BCUT2D eigenvalue weighted by Crippen LogP contribution is -2.46. The molecule has 2 N–H and O–H groups in total. The van der Waals surface area contributed by atoms with Gasteiger partial charge in [-0.15, -0.1) is 0 Å². The molecule has 1 aliphatic heterocycles. The molecule has 2 aromatic heterocycles. The molecular weight excluding hydrogens is 539 g/mol. The molecule has 0 bridgehead atoms. The average molecular weight is 582 g/mol. The highest BCUT2D eigenvalue weighted by Crippen LogP contribution is 2.34. The highest BCUT2D eigenvalue weighted by atomic mass is 35.5. The molecule has 0 spiro atoms. The Morgan fingerprint density at radius 2 is 1.65 bits per heavy atom. The Kier molecular flexibility index (Phi) is 11.2. The minimum atomic E-state index is 0.651. The van der Waals surface area contributed by atoms with Crippen LogP contribution in [-0.4, -0.2) is 59.1 Å². The van der Waals surface area contributed by atoms with Crippen LogP contribution in [0.4, 0.5) is 5.69 Å². The molecule has 1 fully saturated rings. The van der Waals surface area contributed by atoms with Crippen molar-refractivity contribution in [1.82, 2.24) is 25.2 Å². The van der Waals surface area contributed by atoms with Crippen LogP contribution in [0.5, 0.6) is 0 Å². The third-order valence-corrected chi connectivity index (χ3v) is 7.63. The van der Waals surface area contributed by atoms with Gasteiger partial charge in [-0.2, -0.15) is 0 Å². The van der Waals surface area contributed by atoms with Crippen LogP contribution in [0.3, 0.4) is 0 Å². The molecule has 0 unspecified atom stereocenters. The summed E-state index contributed by atoms with van der Waals surface area (Å²) in [4.78, 5) is 17.4. The lowest BCUT2D eigenvalue weighted by Gasteiger charge is -2.36. The van der Waals surface area contributed by atoms with Gasteiger partial charge in [0.1, 0.15) is 11.3 Å². The summed E-state index contributed by atoms with van der Waals surface area (Å²) in [5.74, 6) is 1.65. The van der Waals surface area contributed by atoms with Gasteiger partial charge in [-0.1, -0.05) is 85.9 Å². The molecule has 40 heavy (non-hydrogen) atoms. The van der Waals surface area contributed by atoms with E-state index in [1.807, 2.05) is 12.1 Å². The van der Waals surface area contributed by atoms with Crippen LogP contribution >= 0.6 is 23.2 Å². The zero-order chi connectivity index (χ0) is 28.5. The summed E-state index contributed by atoms with van der Waals surface area (Å²) in [6.07, 6.45) is 4.26. The predicted molar refractivity (Wildman–Crippen MR) is 171 cm³/mol. The normalized spacial score (nSPS) is 14.0. The molecule has 8 heteroatoms. The van der Waals surface area contributed by atoms with Crippen LogP contribution in [0, 0.1) is 12.8 Å². The first-order valence-corrected chi connectivity index (χ1v) is 15.1. The van der Waals surface area contributed by atoms with Crippen molar-refractivity contribution >= 4 is 40.1 Å². The lowest BCUT2D eigenvalue weighted by atomic mass is 10.1. The molecule has 0 aliphatic carbocycles. The maximum absolute atomic E-state index is 6.62. The fourth-order valence-electron chi connectivity index (χ4n) is 4.75. The number of halogens is 2. The minimum Gasteiger partial charge on any atom is -0.366 e. The standard InChI is InChI=1S/C24H23Cl2N5.C8H19N/c1-16-2-6-18(7-3-16)23-28-21-22(20(26)14-27-24(21)29-23)31-12-10-30(11-13-31)15-17-4-8-19(25)9-5-17;1-4-6-9-7-5-8(2)3/h2-9,14H,10-13,15H2,1H3,(H,27,28,29);8-9H,4-7H2,1-3H3. The van der Waals surface area contributed by atoms with Crippen LogP contribution < -0.4 is 10.2 Å². The SMILES string of the molecule is CCCNCCC(C)C.Cc1ccc(-c2nc3ncc(Cl)c(N4CCN(Cc5ccc(Cl)cc5)CC4)c3[nH]2)cc1. The van der Waals surface area contributed by atoms with E-state index >= 15 is 0 Å². The summed E-state index contributed by atoms with van der Waals surface area (Å²) in [6.45, 7) is 15.8. The number of nitrogens with one attached hydrogen (secondary N) is 2. The molecule has 0 radical (unpaired) electrons. The Morgan fingerprint density at radius 3 is 2.30 bits per heavy atom. The van der Waals surface area contributed by atoms with E-state index in [1.165, 1.54) is 37.1 Å². The second-order valence-corrected chi connectivity index (χ2v) is 11.8. The van der Waals surface area contributed by atoms with Crippen molar-refractivity contribution < 1.29 is 0 Å². The van der Waals surface area contributed by atoms with E-state index in [0.717, 1.165) is 66.3 Å². The fourth-order valence-corrected chi connectivity index (χ4v) is 5.14. The number of anilines is 1. The molecule has 3 heterocycles. The number of piperazine rings is 1. The molecule has 6 nitrogen and oxygen atoms in total. The molecule has 4 aromatic rings. The number of hydrogen-bond donors (Lipinski definition) is 2. The summed E-state index contributed by atoms with van der Waals surface area (Å²) >= 11 is 12.6. The fraction of sp³-hybridized carbons (Fsp3) is 0.438. The van der Waals surface area contributed by atoms with E-state index < -0.39 is 0 Å². The summed E-state index contributed by atoms with van der Waals surface area (Å²) in [5.41, 5.74) is 6.12. The number of rotatable bonds is 9. The topological polar surface area (TPSA) is 60.1 Å². The van der Waals surface area contributed by atoms with Crippen molar-refractivity contribution in [2.75, 3.05) is 44.2 Å². The van der Waals surface area contributed by atoms with Gasteiger partial charge in [0.2, 0.25) is 0 Å². The maximum Gasteiger partial charge on any atom is 0.180 e. The van der Waals surface area contributed by atoms with Crippen LogP contribution in [0.15, 0.2) is 54.7 Å². The molecule has 1 saturated heterocycles. The van der Waals surface area contributed by atoms with Crippen LogP contribution in [0.1, 0.15) is 44.7 Å². The smallest absolute Gasteiger partial charge is 0.180 e. The van der Waals surface area contributed by atoms with Crippen molar-refractivity contribution in [2.24, 2.45) is 5.92 Å². The zero-order valence-electron chi connectivity index (χ0n) is 24.2. The highest BCUT2D eigenvalue weighted by molar-refractivity contribution is 6.34. The predicted octanol–water partition coefficient (Wildman–Crippen LogP) is 7.59. The quantitative estimate of drug-likeness (QED) is 0.200. The van der Waals surface area contributed by atoms with Gasteiger partial charge in [-0.25, -0.2) is 9.97 Å². The van der Waals surface area contributed by atoms with Crippen LogP contribution in [0.2, 0.25) is 10.0 Å². The van der Waals surface area contributed by atoms with E-state index in [-0.39, 0.29) is 0 Å². The van der Waals surface area contributed by atoms with Crippen molar-refractivity contribution in [3.63, 3.8) is 0 Å². The number of imidazole rings is 1. The summed E-state index contributed by atoms with van der Waals surface area (Å²) in [5, 5.41) is 4.79. The van der Waals surface area contributed by atoms with E-state index in [4.69, 9.17) is 28.2 Å². The van der Waals surface area contributed by atoms with Crippen LogP contribution in [0.25, 0.3) is 22.6 Å². The zero-order valence-corrected chi connectivity index (χ0v) is 25.7. The molecule has 0 atom stereocenters. The molecular formula is C32H42Cl2N6. The van der Waals surface area contributed by atoms with Crippen molar-refractivity contribution in [1.29, 1.82) is 0 Å². The Labute approximate surface area is 249 Å². The van der Waals surface area contributed by atoms with E-state index in [0.29, 0.717) is 10.7 Å². The number of hydrogen-bond acceptors (Lipinski definition) is 5. The molecule has 2 aromatic carbocycles. The van der Waals surface area contributed by atoms with Gasteiger partial charge >= 0.3 is 0 Å². The molecule has 0 saturated carbocycles. The van der Waals surface area contributed by atoms with Gasteiger partial charge in [0, 0.05) is 43.3 Å². The van der Waals surface area contributed by atoms with Crippen LogP contribution in [-0.2, 0) is 6.54 Å². The lowest BCUT2D eigenvalue weighted by molar-refractivity contribution is 0.250. The number of fused-ring (bicyclic) bond motifs is 1. The number of aryl methyl sites for hydroxylation is 1. The Hall–Kier alpha value is -2.64. The summed E-state index contributed by atoms with van der Waals surface area (Å²) < 4.78 is 0. The Morgan fingerprint density at radius 1 is 0.950 bits per heavy atom. The third-order valence-electron chi connectivity index (χ3n) is 7.11. The second-order valence-electron chi connectivity index (χ2n) is 10.9. The average Bonchev–Trinajstić information content (AvgIpc) is 3.38. The van der Waals surface area contributed by atoms with Gasteiger partial charge < -0.3 is 15.2 Å². The van der Waals surface area contributed by atoms with Gasteiger partial charge in [0.05, 0.1) is 16.9 Å². The number of nitrogens with zero attached hydrogens (tertiary/aromatic N) is 4. The van der Waals surface area contributed by atoms with E-state index in [9.17, 15) is 0 Å². The van der Waals surface area contributed by atoms with Crippen molar-refractivity contribution in [3.05, 3.63) is 75.9 Å².